The van der Waals surface area contributed by atoms with Crippen molar-refractivity contribution in [2.45, 2.75) is 13.0 Å². The molecule has 1 amide bonds. The lowest BCUT2D eigenvalue weighted by atomic mass is 10.0. The molecule has 5 heteroatoms. The molecule has 0 aliphatic carbocycles. The van der Waals surface area contributed by atoms with Gasteiger partial charge in [0.05, 0.1) is 22.3 Å². The van der Waals surface area contributed by atoms with Crippen LogP contribution in [-0.4, -0.2) is 17.9 Å². The van der Waals surface area contributed by atoms with Gasteiger partial charge in [-0.3, -0.25) is 4.79 Å². The standard InChI is InChI=1S/C16H16ClFN2O/c1-10(11-6-3-4-9-14(11)18)20(2)16(21)12-7-5-8-13(17)15(12)19/h3-10H,19H2,1-2H3. The van der Waals surface area contributed by atoms with Crippen molar-refractivity contribution in [2.75, 3.05) is 12.8 Å². The number of nitrogens with two attached hydrogens (primary N) is 1. The number of hydrogen-bond donors (Lipinski definition) is 1. The van der Waals surface area contributed by atoms with Crippen LogP contribution < -0.4 is 5.73 Å². The molecule has 0 fully saturated rings. The molecule has 0 heterocycles. The second kappa shape index (κ2) is 6.14. The number of para-hydroxylation sites is 1. The van der Waals surface area contributed by atoms with Gasteiger partial charge in [0.25, 0.3) is 5.91 Å². The minimum absolute atomic E-state index is 0.233. The zero-order valence-electron chi connectivity index (χ0n) is 11.8. The highest BCUT2D eigenvalue weighted by atomic mass is 35.5. The van der Waals surface area contributed by atoms with Crippen molar-refractivity contribution in [3.63, 3.8) is 0 Å². The van der Waals surface area contributed by atoms with Gasteiger partial charge in [-0.1, -0.05) is 35.9 Å². The molecular formula is C16H16ClFN2O. The molecule has 0 aliphatic heterocycles. The van der Waals surface area contributed by atoms with Crippen LogP contribution in [0.4, 0.5) is 10.1 Å². The number of nitrogens with zero attached hydrogens (tertiary/aromatic N) is 1. The van der Waals surface area contributed by atoms with Gasteiger partial charge in [-0.05, 0) is 25.1 Å². The van der Waals surface area contributed by atoms with Crippen molar-refractivity contribution >= 4 is 23.2 Å². The summed E-state index contributed by atoms with van der Waals surface area (Å²) >= 11 is 5.93. The molecule has 2 rings (SSSR count). The van der Waals surface area contributed by atoms with Crippen LogP contribution in [0.3, 0.4) is 0 Å². The Morgan fingerprint density at radius 3 is 2.57 bits per heavy atom. The summed E-state index contributed by atoms with van der Waals surface area (Å²) in [5.74, 6) is -0.644. The van der Waals surface area contributed by atoms with Crippen LogP contribution >= 0.6 is 11.6 Å². The quantitative estimate of drug-likeness (QED) is 0.874. The third-order valence-electron chi connectivity index (χ3n) is 3.54. The van der Waals surface area contributed by atoms with Gasteiger partial charge in [0, 0.05) is 12.6 Å². The van der Waals surface area contributed by atoms with Crippen LogP contribution in [0.5, 0.6) is 0 Å². The maximum absolute atomic E-state index is 13.8. The number of carbonyl (C=O) groups excluding carboxylic acids is 1. The average Bonchev–Trinajstić information content (AvgIpc) is 2.48. The lowest BCUT2D eigenvalue weighted by Crippen LogP contribution is -2.30. The average molecular weight is 307 g/mol. The Kier molecular flexibility index (Phi) is 4.48. The number of rotatable bonds is 3. The fraction of sp³-hybridized carbons (Fsp3) is 0.188. The molecule has 21 heavy (non-hydrogen) atoms. The Balaban J connectivity index is 2.31. The summed E-state index contributed by atoms with van der Waals surface area (Å²) in [6, 6.07) is 10.8. The molecule has 2 aromatic carbocycles. The number of nitrogen functional groups attached to an aromatic ring is 1. The first-order valence-electron chi connectivity index (χ1n) is 6.49. The highest BCUT2D eigenvalue weighted by Crippen LogP contribution is 2.27. The molecule has 2 N–H and O–H groups in total. The van der Waals surface area contributed by atoms with E-state index >= 15 is 0 Å². The first-order valence-corrected chi connectivity index (χ1v) is 6.87. The Labute approximate surface area is 128 Å². The van der Waals surface area contributed by atoms with E-state index in [2.05, 4.69) is 0 Å². The van der Waals surface area contributed by atoms with Gasteiger partial charge in [-0.25, -0.2) is 4.39 Å². The number of carbonyl (C=O) groups is 1. The second-order valence-electron chi connectivity index (χ2n) is 4.81. The van der Waals surface area contributed by atoms with E-state index in [1.807, 2.05) is 0 Å². The van der Waals surface area contributed by atoms with Gasteiger partial charge in [0.15, 0.2) is 0 Å². The summed E-state index contributed by atoms with van der Waals surface area (Å²) in [4.78, 5) is 14.0. The lowest BCUT2D eigenvalue weighted by Gasteiger charge is -2.26. The van der Waals surface area contributed by atoms with Gasteiger partial charge in [-0.15, -0.1) is 0 Å². The molecule has 0 radical (unpaired) electrons. The minimum Gasteiger partial charge on any atom is -0.397 e. The predicted molar refractivity (Wildman–Crippen MR) is 82.8 cm³/mol. The summed E-state index contributed by atoms with van der Waals surface area (Å²) in [6.45, 7) is 1.76. The van der Waals surface area contributed by atoms with Gasteiger partial charge < -0.3 is 10.6 Å². The first kappa shape index (κ1) is 15.3. The van der Waals surface area contributed by atoms with Crippen molar-refractivity contribution in [1.29, 1.82) is 0 Å². The summed E-state index contributed by atoms with van der Waals surface area (Å²) in [6.07, 6.45) is 0. The molecule has 0 spiro atoms. The molecule has 0 saturated carbocycles. The van der Waals surface area contributed by atoms with E-state index in [1.54, 1.807) is 50.4 Å². The van der Waals surface area contributed by atoms with Crippen LogP contribution in [0.1, 0.15) is 28.9 Å². The van der Waals surface area contributed by atoms with Gasteiger partial charge in [0.2, 0.25) is 0 Å². The molecule has 0 aromatic heterocycles. The highest BCUT2D eigenvalue weighted by Gasteiger charge is 2.23. The summed E-state index contributed by atoms with van der Waals surface area (Å²) < 4.78 is 13.8. The lowest BCUT2D eigenvalue weighted by molar-refractivity contribution is 0.0741. The molecule has 0 saturated heterocycles. The fourth-order valence-corrected chi connectivity index (χ4v) is 2.29. The number of benzene rings is 2. The topological polar surface area (TPSA) is 46.3 Å². The Hall–Kier alpha value is -2.07. The van der Waals surface area contributed by atoms with Crippen molar-refractivity contribution < 1.29 is 9.18 Å². The normalized spacial score (nSPS) is 12.0. The van der Waals surface area contributed by atoms with Crippen LogP contribution in [-0.2, 0) is 0 Å². The van der Waals surface area contributed by atoms with Crippen molar-refractivity contribution in [3.8, 4) is 0 Å². The molecule has 2 aromatic rings. The maximum atomic E-state index is 13.8. The summed E-state index contributed by atoms with van der Waals surface area (Å²) in [5.41, 5.74) is 6.84. The molecule has 1 unspecified atom stereocenters. The van der Waals surface area contributed by atoms with Crippen LogP contribution in [0, 0.1) is 5.82 Å². The van der Waals surface area contributed by atoms with Gasteiger partial charge >= 0.3 is 0 Å². The van der Waals surface area contributed by atoms with E-state index in [0.29, 0.717) is 16.1 Å². The molecule has 0 bridgehead atoms. The molecule has 3 nitrogen and oxygen atoms in total. The second-order valence-corrected chi connectivity index (χ2v) is 5.22. The van der Waals surface area contributed by atoms with Crippen LogP contribution in [0.15, 0.2) is 42.5 Å². The number of anilines is 1. The van der Waals surface area contributed by atoms with Gasteiger partial charge in [0.1, 0.15) is 5.82 Å². The number of halogens is 2. The van der Waals surface area contributed by atoms with E-state index in [0.717, 1.165) is 0 Å². The van der Waals surface area contributed by atoms with Crippen molar-refractivity contribution in [3.05, 3.63) is 64.4 Å². The van der Waals surface area contributed by atoms with Crippen molar-refractivity contribution in [2.24, 2.45) is 0 Å². The summed E-state index contributed by atoms with van der Waals surface area (Å²) in [5, 5.41) is 0.327. The van der Waals surface area contributed by atoms with Crippen LogP contribution in [0.2, 0.25) is 5.02 Å². The van der Waals surface area contributed by atoms with E-state index in [9.17, 15) is 9.18 Å². The maximum Gasteiger partial charge on any atom is 0.256 e. The van der Waals surface area contributed by atoms with E-state index in [4.69, 9.17) is 17.3 Å². The van der Waals surface area contributed by atoms with E-state index < -0.39 is 6.04 Å². The third-order valence-corrected chi connectivity index (χ3v) is 3.87. The largest absolute Gasteiger partial charge is 0.397 e. The Morgan fingerprint density at radius 2 is 1.90 bits per heavy atom. The summed E-state index contributed by atoms with van der Waals surface area (Å²) in [7, 11) is 1.61. The third kappa shape index (κ3) is 3.00. The van der Waals surface area contributed by atoms with E-state index in [1.165, 1.54) is 11.0 Å². The molecule has 1 atom stereocenters. The SMILES string of the molecule is CC(c1ccccc1F)N(C)C(=O)c1cccc(Cl)c1N. The molecular weight excluding hydrogens is 291 g/mol. The van der Waals surface area contributed by atoms with Crippen LogP contribution in [0.25, 0.3) is 0 Å². The number of amides is 1. The minimum atomic E-state index is -0.419. The zero-order chi connectivity index (χ0) is 15.6. The van der Waals surface area contributed by atoms with Gasteiger partial charge in [-0.2, -0.15) is 0 Å². The van der Waals surface area contributed by atoms with E-state index in [-0.39, 0.29) is 17.4 Å². The monoisotopic (exact) mass is 306 g/mol. The smallest absolute Gasteiger partial charge is 0.256 e. The Bertz CT molecular complexity index is 675. The zero-order valence-corrected chi connectivity index (χ0v) is 12.6. The van der Waals surface area contributed by atoms with Crippen molar-refractivity contribution in [1.82, 2.24) is 4.90 Å². The Morgan fingerprint density at radius 1 is 1.24 bits per heavy atom. The predicted octanol–water partition coefficient (Wildman–Crippen LogP) is 3.89. The number of hydrogen-bond acceptors (Lipinski definition) is 2. The first-order chi connectivity index (χ1) is 9.93. The highest BCUT2D eigenvalue weighted by molar-refractivity contribution is 6.33. The molecule has 110 valence electrons. The fourth-order valence-electron chi connectivity index (χ4n) is 2.11. The molecule has 0 aliphatic rings.